The molecule has 0 heterocycles. The third kappa shape index (κ3) is 3.26. The minimum Gasteiger partial charge on any atom is -0.393 e. The Bertz CT molecular complexity index is 680. The molecule has 0 aromatic carbocycles. The fourth-order valence-electron chi connectivity index (χ4n) is 8.83. The largest absolute Gasteiger partial charge is 0.393 e. The molecule has 0 aromatic rings. The van der Waals surface area contributed by atoms with Crippen LogP contribution < -0.4 is 0 Å². The molecule has 0 bridgehead atoms. The molecule has 0 aliphatic heterocycles. The van der Waals surface area contributed by atoms with Crippen LogP contribution >= 0.6 is 0 Å². The number of carbonyl (C=O) groups excluding carboxylic acids is 1. The van der Waals surface area contributed by atoms with Crippen molar-refractivity contribution in [1.82, 2.24) is 0 Å². The van der Waals surface area contributed by atoms with Gasteiger partial charge in [0, 0.05) is 0 Å². The Kier molecular flexibility index (Phi) is 6.06. The molecular weight excluding hydrogens is 368 g/mol. The van der Waals surface area contributed by atoms with Gasteiger partial charge in [-0.1, -0.05) is 65.5 Å². The van der Waals surface area contributed by atoms with Crippen LogP contribution in [0.1, 0.15) is 105 Å². The Labute approximate surface area is 185 Å². The van der Waals surface area contributed by atoms with Gasteiger partial charge in [0.25, 0.3) is 0 Å². The maximum Gasteiger partial charge on any atom is 0.130 e. The Morgan fingerprint density at radius 3 is 2.57 bits per heavy atom. The van der Waals surface area contributed by atoms with Crippen LogP contribution in [0, 0.1) is 45.8 Å². The monoisotopic (exact) mass is 414 g/mol. The first-order chi connectivity index (χ1) is 14.2. The predicted molar refractivity (Wildman–Crippen MR) is 124 cm³/mol. The van der Waals surface area contributed by atoms with Crippen LogP contribution in [0.15, 0.2) is 11.6 Å². The van der Waals surface area contributed by atoms with Gasteiger partial charge in [-0.3, -0.25) is 0 Å². The molecule has 4 rings (SSSR count). The molecule has 3 fully saturated rings. The van der Waals surface area contributed by atoms with E-state index < -0.39 is 0 Å². The third-order valence-corrected chi connectivity index (χ3v) is 10.8. The number of aliphatic hydroxyl groups excluding tert-OH is 1. The smallest absolute Gasteiger partial charge is 0.130 e. The minimum absolute atomic E-state index is 0.116. The summed E-state index contributed by atoms with van der Waals surface area (Å²) in [6.07, 6.45) is 16.6. The van der Waals surface area contributed by atoms with Crippen LogP contribution in [0.25, 0.3) is 0 Å². The van der Waals surface area contributed by atoms with Crippen molar-refractivity contribution in [2.75, 3.05) is 0 Å². The lowest BCUT2D eigenvalue weighted by Crippen LogP contribution is -2.55. The van der Waals surface area contributed by atoms with Gasteiger partial charge >= 0.3 is 0 Å². The lowest BCUT2D eigenvalue weighted by atomic mass is 9.43. The van der Waals surface area contributed by atoms with Gasteiger partial charge in [0.1, 0.15) is 6.29 Å². The Morgan fingerprint density at radius 2 is 1.87 bits per heavy atom. The molecular formula is C28H46O2. The van der Waals surface area contributed by atoms with Crippen LogP contribution in [0.4, 0.5) is 0 Å². The van der Waals surface area contributed by atoms with Crippen molar-refractivity contribution >= 4 is 6.29 Å². The molecule has 0 saturated heterocycles. The number of fused-ring (bicyclic) bond motifs is 5. The van der Waals surface area contributed by atoms with Crippen molar-refractivity contribution in [3.8, 4) is 0 Å². The fourth-order valence-corrected chi connectivity index (χ4v) is 8.83. The Morgan fingerprint density at radius 1 is 1.10 bits per heavy atom. The molecule has 0 amide bonds. The summed E-state index contributed by atoms with van der Waals surface area (Å²) in [5.41, 5.74) is 1.71. The summed E-state index contributed by atoms with van der Waals surface area (Å²) in [7, 11) is 0. The molecule has 2 heteroatoms. The lowest BCUT2D eigenvalue weighted by molar-refractivity contribution is -0.127. The van der Waals surface area contributed by atoms with Crippen molar-refractivity contribution in [2.45, 2.75) is 111 Å². The second kappa shape index (κ2) is 8.05. The highest BCUT2D eigenvalue weighted by Gasteiger charge is 2.65. The molecule has 4 aliphatic carbocycles. The van der Waals surface area contributed by atoms with Crippen LogP contribution in [0.5, 0.6) is 0 Å². The van der Waals surface area contributed by atoms with Crippen LogP contribution in [0.2, 0.25) is 0 Å². The summed E-state index contributed by atoms with van der Waals surface area (Å²) in [4.78, 5) is 12.9. The number of hydrogen-bond acceptors (Lipinski definition) is 2. The molecule has 2 nitrogen and oxygen atoms in total. The average molecular weight is 415 g/mol. The summed E-state index contributed by atoms with van der Waals surface area (Å²) in [6, 6.07) is 0. The van der Waals surface area contributed by atoms with Crippen molar-refractivity contribution in [2.24, 2.45) is 45.8 Å². The normalized spacial score (nSPS) is 46.6. The summed E-state index contributed by atoms with van der Waals surface area (Å²) in [5, 5.41) is 10.3. The predicted octanol–water partition coefficient (Wildman–Crippen LogP) is 6.96. The lowest BCUT2D eigenvalue weighted by Gasteiger charge is -2.60. The number of rotatable bonds is 6. The standard InChI is InChI=1S/C28H46O2/c1-19(2)7-6-8-20(3)23-13-16-28(18-29)25-10-9-21-17-22(30)11-14-26(21,4)24(25)12-15-27(23,28)5/h10,18-24,30H,6-9,11-17H2,1-5H3/t20-,21+,22+,23-,24+,26+,27-,28-/m1/s1. The average Bonchev–Trinajstić information content (AvgIpc) is 3.01. The number of allylic oxidation sites excluding steroid dienone is 2. The van der Waals surface area contributed by atoms with E-state index in [4.69, 9.17) is 0 Å². The van der Waals surface area contributed by atoms with E-state index >= 15 is 0 Å². The van der Waals surface area contributed by atoms with E-state index in [9.17, 15) is 9.90 Å². The van der Waals surface area contributed by atoms with E-state index in [2.05, 4.69) is 40.7 Å². The zero-order valence-corrected chi connectivity index (χ0v) is 20.3. The molecule has 4 aliphatic rings. The quantitative estimate of drug-likeness (QED) is 0.377. The topological polar surface area (TPSA) is 37.3 Å². The van der Waals surface area contributed by atoms with Gasteiger partial charge < -0.3 is 9.90 Å². The first-order valence-electron chi connectivity index (χ1n) is 13.0. The van der Waals surface area contributed by atoms with Gasteiger partial charge in [0.15, 0.2) is 0 Å². The molecule has 0 unspecified atom stereocenters. The summed E-state index contributed by atoms with van der Waals surface area (Å²) >= 11 is 0. The zero-order valence-electron chi connectivity index (χ0n) is 20.3. The highest BCUT2D eigenvalue weighted by molar-refractivity contribution is 5.69. The number of aliphatic hydroxyl groups is 1. The zero-order chi connectivity index (χ0) is 21.7. The first-order valence-corrected chi connectivity index (χ1v) is 13.0. The van der Waals surface area contributed by atoms with Gasteiger partial charge in [-0.25, -0.2) is 0 Å². The van der Waals surface area contributed by atoms with Crippen molar-refractivity contribution in [3.63, 3.8) is 0 Å². The molecule has 3 saturated carbocycles. The van der Waals surface area contributed by atoms with Gasteiger partial charge in [0.2, 0.25) is 0 Å². The summed E-state index contributed by atoms with van der Waals surface area (Å²) in [6.45, 7) is 12.1. The minimum atomic E-state index is -0.225. The van der Waals surface area contributed by atoms with E-state index in [1.807, 2.05) is 0 Å². The third-order valence-electron chi connectivity index (χ3n) is 10.8. The Balaban J connectivity index is 1.61. The molecule has 8 atom stereocenters. The Hall–Kier alpha value is -0.630. The van der Waals surface area contributed by atoms with Crippen molar-refractivity contribution < 1.29 is 9.90 Å². The maximum absolute atomic E-state index is 12.9. The summed E-state index contributed by atoms with van der Waals surface area (Å²) in [5.74, 6) is 3.32. The van der Waals surface area contributed by atoms with E-state index in [-0.39, 0.29) is 22.3 Å². The SMILES string of the molecule is CC(C)CCC[C@@H](C)[C@H]1CC[C@@]2(C=O)C3=CC[C@H]4C[C@@H](O)CC[C@]4(C)[C@H]3CC[C@]12C. The number of hydrogen-bond donors (Lipinski definition) is 1. The number of aldehydes is 1. The molecule has 170 valence electrons. The van der Waals surface area contributed by atoms with Gasteiger partial charge in [-0.15, -0.1) is 0 Å². The fraction of sp³-hybridized carbons (Fsp3) is 0.893. The molecule has 30 heavy (non-hydrogen) atoms. The maximum atomic E-state index is 12.9. The van der Waals surface area contributed by atoms with E-state index in [1.54, 1.807) is 0 Å². The molecule has 1 N–H and O–H groups in total. The van der Waals surface area contributed by atoms with Crippen LogP contribution in [-0.2, 0) is 4.79 Å². The van der Waals surface area contributed by atoms with E-state index in [0.29, 0.717) is 23.7 Å². The highest BCUT2D eigenvalue weighted by atomic mass is 16.3. The second-order valence-corrected chi connectivity index (χ2v) is 12.6. The summed E-state index contributed by atoms with van der Waals surface area (Å²) < 4.78 is 0. The number of carbonyl (C=O) groups is 1. The molecule has 0 radical (unpaired) electrons. The molecule has 0 spiro atoms. The van der Waals surface area contributed by atoms with Gasteiger partial charge in [-0.05, 0) is 91.8 Å². The van der Waals surface area contributed by atoms with E-state index in [1.165, 1.54) is 50.4 Å². The van der Waals surface area contributed by atoms with Gasteiger partial charge in [0.05, 0.1) is 11.5 Å². The van der Waals surface area contributed by atoms with Crippen LogP contribution in [-0.4, -0.2) is 17.5 Å². The second-order valence-electron chi connectivity index (χ2n) is 12.6. The van der Waals surface area contributed by atoms with Crippen molar-refractivity contribution in [1.29, 1.82) is 0 Å². The van der Waals surface area contributed by atoms with Crippen LogP contribution in [0.3, 0.4) is 0 Å². The van der Waals surface area contributed by atoms with Crippen molar-refractivity contribution in [3.05, 3.63) is 11.6 Å². The van der Waals surface area contributed by atoms with Gasteiger partial charge in [-0.2, -0.15) is 0 Å². The molecule has 0 aromatic heterocycles. The highest BCUT2D eigenvalue weighted by Crippen LogP contribution is 2.71. The van der Waals surface area contributed by atoms with E-state index in [0.717, 1.165) is 38.0 Å². The first kappa shape index (κ1) is 22.6.